The van der Waals surface area contributed by atoms with Gasteiger partial charge in [-0.15, -0.1) is 0 Å². The summed E-state index contributed by atoms with van der Waals surface area (Å²) in [5, 5.41) is 9.49. The van der Waals surface area contributed by atoms with Crippen molar-refractivity contribution in [2.45, 2.75) is 32.8 Å². The van der Waals surface area contributed by atoms with Crippen LogP contribution in [0.3, 0.4) is 0 Å². The highest BCUT2D eigenvalue weighted by Gasteiger charge is 2.12. The molecule has 0 radical (unpaired) electrons. The highest BCUT2D eigenvalue weighted by atomic mass is 16.5. The fourth-order valence-electron chi connectivity index (χ4n) is 1.80. The van der Waals surface area contributed by atoms with E-state index in [2.05, 4.69) is 26.5 Å². The zero-order valence-corrected chi connectivity index (χ0v) is 12.4. The molecular formula is C18H24O2. The maximum absolute atomic E-state index is 9.49. The van der Waals surface area contributed by atoms with Crippen LogP contribution in [0.1, 0.15) is 25.8 Å². The Balaban J connectivity index is 2.73. The number of hydrogen-bond donors (Lipinski definition) is 1. The van der Waals surface area contributed by atoms with Gasteiger partial charge in [-0.05, 0) is 30.0 Å². The lowest BCUT2D eigenvalue weighted by molar-refractivity contribution is 0.143. The molecule has 1 rings (SSSR count). The quantitative estimate of drug-likeness (QED) is 0.723. The van der Waals surface area contributed by atoms with Crippen LogP contribution in [0.15, 0.2) is 60.7 Å². The lowest BCUT2D eigenvalue weighted by Crippen LogP contribution is -2.23. The van der Waals surface area contributed by atoms with Crippen molar-refractivity contribution in [3.63, 3.8) is 0 Å². The summed E-state index contributed by atoms with van der Waals surface area (Å²) < 4.78 is 5.88. The predicted octanol–water partition coefficient (Wildman–Crippen LogP) is 4.07. The van der Waals surface area contributed by atoms with E-state index in [1.807, 2.05) is 42.5 Å². The van der Waals surface area contributed by atoms with E-state index in [0.717, 1.165) is 29.7 Å². The third-order valence-electron chi connectivity index (χ3n) is 3.00. The average molecular weight is 272 g/mol. The zero-order chi connectivity index (χ0) is 14.8. The van der Waals surface area contributed by atoms with Gasteiger partial charge in [0.15, 0.2) is 0 Å². The van der Waals surface area contributed by atoms with Crippen LogP contribution in [0, 0.1) is 0 Å². The third-order valence-corrected chi connectivity index (χ3v) is 3.00. The van der Waals surface area contributed by atoms with Gasteiger partial charge in [0.1, 0.15) is 11.9 Å². The number of aliphatic hydroxyl groups is 1. The number of ether oxygens (including phenoxy) is 1. The standard InChI is InChI=1S/C18H24O2/c1-4-6-7-8-11-15(3)18(14-19)20-17-13-10-9-12-16(17)5-2/h6-13,18-19H,3-5,14H2,1-2H3. The van der Waals surface area contributed by atoms with Gasteiger partial charge < -0.3 is 9.84 Å². The molecule has 0 heterocycles. The van der Waals surface area contributed by atoms with Gasteiger partial charge in [-0.1, -0.05) is 62.9 Å². The lowest BCUT2D eigenvalue weighted by atomic mass is 10.1. The minimum absolute atomic E-state index is 0.0846. The van der Waals surface area contributed by atoms with Crippen molar-refractivity contribution in [3.05, 3.63) is 66.3 Å². The molecule has 108 valence electrons. The van der Waals surface area contributed by atoms with Crippen LogP contribution in [0.5, 0.6) is 5.75 Å². The maximum atomic E-state index is 9.49. The maximum Gasteiger partial charge on any atom is 0.146 e. The molecule has 1 unspecified atom stereocenters. The van der Waals surface area contributed by atoms with Gasteiger partial charge in [0, 0.05) is 0 Å². The average Bonchev–Trinajstić information content (AvgIpc) is 2.49. The molecule has 0 spiro atoms. The van der Waals surface area contributed by atoms with Crippen LogP contribution >= 0.6 is 0 Å². The predicted molar refractivity (Wildman–Crippen MR) is 85.0 cm³/mol. The monoisotopic (exact) mass is 272 g/mol. The summed E-state index contributed by atoms with van der Waals surface area (Å²) in [4.78, 5) is 0. The molecule has 0 amide bonds. The fraction of sp³-hybridized carbons (Fsp3) is 0.333. The Morgan fingerprint density at radius 3 is 2.70 bits per heavy atom. The number of hydrogen-bond acceptors (Lipinski definition) is 2. The molecule has 20 heavy (non-hydrogen) atoms. The molecule has 1 N–H and O–H groups in total. The molecule has 0 saturated heterocycles. The highest BCUT2D eigenvalue weighted by molar-refractivity contribution is 5.35. The summed E-state index contributed by atoms with van der Waals surface area (Å²) in [6, 6.07) is 7.89. The van der Waals surface area contributed by atoms with Crippen LogP contribution in [0.4, 0.5) is 0 Å². The summed E-state index contributed by atoms with van der Waals surface area (Å²) in [6.45, 7) is 8.05. The van der Waals surface area contributed by atoms with Crippen LogP contribution in [0.2, 0.25) is 0 Å². The number of rotatable bonds is 8. The first-order valence-electron chi connectivity index (χ1n) is 7.10. The second-order valence-corrected chi connectivity index (χ2v) is 4.52. The molecule has 0 aliphatic carbocycles. The normalized spacial score (nSPS) is 12.9. The summed E-state index contributed by atoms with van der Waals surface area (Å²) in [7, 11) is 0. The molecule has 2 nitrogen and oxygen atoms in total. The fourth-order valence-corrected chi connectivity index (χ4v) is 1.80. The molecule has 0 bridgehead atoms. The Hall–Kier alpha value is -1.80. The van der Waals surface area contributed by atoms with E-state index in [-0.39, 0.29) is 6.61 Å². The second kappa shape index (κ2) is 9.16. The van der Waals surface area contributed by atoms with Crippen molar-refractivity contribution in [1.82, 2.24) is 0 Å². The van der Waals surface area contributed by atoms with Crippen LogP contribution in [0.25, 0.3) is 0 Å². The highest BCUT2D eigenvalue weighted by Crippen LogP contribution is 2.21. The van der Waals surface area contributed by atoms with Crippen molar-refractivity contribution < 1.29 is 9.84 Å². The minimum atomic E-state index is -0.408. The molecule has 2 heteroatoms. The molecule has 0 aromatic heterocycles. The van der Waals surface area contributed by atoms with Gasteiger partial charge in [0.2, 0.25) is 0 Å². The van der Waals surface area contributed by atoms with Crippen LogP contribution in [-0.4, -0.2) is 17.8 Å². The third kappa shape index (κ3) is 5.06. The lowest BCUT2D eigenvalue weighted by Gasteiger charge is -2.19. The molecule has 0 aliphatic heterocycles. The van der Waals surface area contributed by atoms with E-state index in [9.17, 15) is 5.11 Å². The van der Waals surface area contributed by atoms with Gasteiger partial charge in [0.05, 0.1) is 6.61 Å². The van der Waals surface area contributed by atoms with E-state index in [1.54, 1.807) is 0 Å². The number of benzene rings is 1. The van der Waals surface area contributed by atoms with Crippen molar-refractivity contribution in [1.29, 1.82) is 0 Å². The second-order valence-electron chi connectivity index (χ2n) is 4.52. The summed E-state index contributed by atoms with van der Waals surface area (Å²) in [6.07, 6.45) is 9.32. The van der Waals surface area contributed by atoms with Gasteiger partial charge >= 0.3 is 0 Å². The van der Waals surface area contributed by atoms with Crippen molar-refractivity contribution in [2.24, 2.45) is 0 Å². The Labute approximate surface area is 122 Å². The molecule has 1 aromatic rings. The Morgan fingerprint density at radius 1 is 1.30 bits per heavy atom. The molecular weight excluding hydrogens is 248 g/mol. The Bertz CT molecular complexity index is 472. The van der Waals surface area contributed by atoms with Gasteiger partial charge in [-0.25, -0.2) is 0 Å². The Morgan fingerprint density at radius 2 is 2.05 bits per heavy atom. The molecule has 0 aliphatic rings. The number of allylic oxidation sites excluding steroid dienone is 3. The molecule has 1 atom stereocenters. The first-order valence-corrected chi connectivity index (χ1v) is 7.10. The molecule has 0 saturated carbocycles. The number of aryl methyl sites for hydroxylation is 1. The smallest absolute Gasteiger partial charge is 0.146 e. The van der Waals surface area contributed by atoms with Crippen LogP contribution < -0.4 is 4.74 Å². The van der Waals surface area contributed by atoms with Crippen LogP contribution in [-0.2, 0) is 6.42 Å². The largest absolute Gasteiger partial charge is 0.483 e. The first kappa shape index (κ1) is 16.3. The number of aliphatic hydroxyl groups excluding tert-OH is 1. The van der Waals surface area contributed by atoms with E-state index in [0.29, 0.717) is 0 Å². The van der Waals surface area contributed by atoms with Crippen molar-refractivity contribution in [3.8, 4) is 5.75 Å². The van der Waals surface area contributed by atoms with Gasteiger partial charge in [-0.3, -0.25) is 0 Å². The molecule has 1 aromatic carbocycles. The topological polar surface area (TPSA) is 29.5 Å². The van der Waals surface area contributed by atoms with E-state index in [1.165, 1.54) is 0 Å². The first-order chi connectivity index (χ1) is 9.72. The minimum Gasteiger partial charge on any atom is -0.483 e. The van der Waals surface area contributed by atoms with Gasteiger partial charge in [0.25, 0.3) is 0 Å². The molecule has 0 fully saturated rings. The van der Waals surface area contributed by atoms with Crippen molar-refractivity contribution >= 4 is 0 Å². The SMILES string of the molecule is C=C(C=CC=CCC)C(CO)Oc1ccccc1CC. The summed E-state index contributed by atoms with van der Waals surface area (Å²) in [5.74, 6) is 0.813. The van der Waals surface area contributed by atoms with Crippen molar-refractivity contribution in [2.75, 3.05) is 6.61 Å². The van der Waals surface area contributed by atoms with E-state index < -0.39 is 6.10 Å². The van der Waals surface area contributed by atoms with E-state index >= 15 is 0 Å². The Kier molecular flexibility index (Phi) is 7.44. The van der Waals surface area contributed by atoms with Gasteiger partial charge in [-0.2, -0.15) is 0 Å². The van der Waals surface area contributed by atoms with E-state index in [4.69, 9.17) is 4.74 Å². The zero-order valence-electron chi connectivity index (χ0n) is 12.4. The number of para-hydroxylation sites is 1. The summed E-state index contributed by atoms with van der Waals surface area (Å²) >= 11 is 0. The summed E-state index contributed by atoms with van der Waals surface area (Å²) in [5.41, 5.74) is 1.90.